The Morgan fingerprint density at radius 3 is 2.91 bits per heavy atom. The molecule has 3 heterocycles. The molecule has 1 amide bonds. The number of amides is 1. The summed E-state index contributed by atoms with van der Waals surface area (Å²) >= 11 is 0. The van der Waals surface area contributed by atoms with Gasteiger partial charge in [0, 0.05) is 24.0 Å². The van der Waals surface area contributed by atoms with Crippen LogP contribution in [0.25, 0.3) is 0 Å². The van der Waals surface area contributed by atoms with Gasteiger partial charge in [-0.05, 0) is 33.1 Å². The van der Waals surface area contributed by atoms with Gasteiger partial charge >= 0.3 is 0 Å². The standard InChI is InChI=1S/C15H19N5O2/c1-9-10(2)19-14(21)13(18-9)15(22)20-6-4-3-5-12(20)11-7-16-17-8-11/h7-8,12H,3-6H2,1-2H3,(H,16,17)(H,19,21). The molecule has 1 atom stereocenters. The summed E-state index contributed by atoms with van der Waals surface area (Å²) in [6.45, 7) is 4.18. The Labute approximate surface area is 127 Å². The molecule has 0 aromatic carbocycles. The second-order valence-electron chi connectivity index (χ2n) is 5.67. The van der Waals surface area contributed by atoms with Gasteiger partial charge in [0.25, 0.3) is 11.5 Å². The number of likely N-dealkylation sites (tertiary alicyclic amines) is 1. The first-order valence-electron chi connectivity index (χ1n) is 7.45. The topological polar surface area (TPSA) is 94.7 Å². The van der Waals surface area contributed by atoms with Crippen LogP contribution in [-0.2, 0) is 0 Å². The Morgan fingerprint density at radius 1 is 1.36 bits per heavy atom. The van der Waals surface area contributed by atoms with Crippen LogP contribution in [0, 0.1) is 13.8 Å². The van der Waals surface area contributed by atoms with Crippen LogP contribution in [0.2, 0.25) is 0 Å². The molecule has 2 aromatic rings. The number of rotatable bonds is 2. The van der Waals surface area contributed by atoms with Gasteiger partial charge in [0.1, 0.15) is 0 Å². The van der Waals surface area contributed by atoms with Gasteiger partial charge in [-0.3, -0.25) is 14.7 Å². The minimum atomic E-state index is -0.426. The van der Waals surface area contributed by atoms with Crippen molar-refractivity contribution in [1.82, 2.24) is 25.1 Å². The van der Waals surface area contributed by atoms with E-state index in [0.29, 0.717) is 17.9 Å². The van der Waals surface area contributed by atoms with Crippen molar-refractivity contribution >= 4 is 5.91 Å². The lowest BCUT2D eigenvalue weighted by atomic mass is 9.97. The quantitative estimate of drug-likeness (QED) is 0.878. The molecule has 0 saturated carbocycles. The van der Waals surface area contributed by atoms with E-state index in [2.05, 4.69) is 20.2 Å². The average molecular weight is 301 g/mol. The van der Waals surface area contributed by atoms with E-state index in [4.69, 9.17) is 0 Å². The van der Waals surface area contributed by atoms with Gasteiger partial charge in [-0.25, -0.2) is 4.98 Å². The molecule has 0 aliphatic carbocycles. The highest BCUT2D eigenvalue weighted by molar-refractivity contribution is 5.92. The van der Waals surface area contributed by atoms with E-state index in [-0.39, 0.29) is 17.6 Å². The minimum absolute atomic E-state index is 0.0292. The van der Waals surface area contributed by atoms with Crippen LogP contribution in [0.15, 0.2) is 17.2 Å². The number of nitrogens with zero attached hydrogens (tertiary/aromatic N) is 3. The van der Waals surface area contributed by atoms with E-state index in [9.17, 15) is 9.59 Å². The van der Waals surface area contributed by atoms with E-state index in [1.165, 1.54) is 0 Å². The van der Waals surface area contributed by atoms with Crippen LogP contribution >= 0.6 is 0 Å². The van der Waals surface area contributed by atoms with Gasteiger partial charge in [0.15, 0.2) is 5.69 Å². The Kier molecular flexibility index (Phi) is 3.79. The molecule has 7 nitrogen and oxygen atoms in total. The largest absolute Gasteiger partial charge is 0.330 e. The maximum atomic E-state index is 12.8. The van der Waals surface area contributed by atoms with Gasteiger partial charge in [0.05, 0.1) is 17.9 Å². The van der Waals surface area contributed by atoms with Crippen molar-refractivity contribution in [2.75, 3.05) is 6.54 Å². The summed E-state index contributed by atoms with van der Waals surface area (Å²) in [7, 11) is 0. The summed E-state index contributed by atoms with van der Waals surface area (Å²) in [6, 6.07) is -0.0530. The van der Waals surface area contributed by atoms with Crippen molar-refractivity contribution in [2.24, 2.45) is 0 Å². The van der Waals surface area contributed by atoms with Crippen LogP contribution in [0.3, 0.4) is 0 Å². The molecule has 1 unspecified atom stereocenters. The lowest BCUT2D eigenvalue weighted by Gasteiger charge is -2.34. The molecule has 1 saturated heterocycles. The summed E-state index contributed by atoms with van der Waals surface area (Å²) in [5.74, 6) is -0.310. The van der Waals surface area contributed by atoms with Gasteiger partial charge < -0.3 is 9.88 Å². The summed E-state index contributed by atoms with van der Waals surface area (Å²) in [6.07, 6.45) is 6.38. The van der Waals surface area contributed by atoms with Crippen molar-refractivity contribution in [2.45, 2.75) is 39.2 Å². The minimum Gasteiger partial charge on any atom is -0.330 e. The smallest absolute Gasteiger partial charge is 0.279 e. The number of piperidine rings is 1. The molecule has 116 valence electrons. The van der Waals surface area contributed by atoms with Crippen molar-refractivity contribution in [1.29, 1.82) is 0 Å². The zero-order valence-electron chi connectivity index (χ0n) is 12.7. The lowest BCUT2D eigenvalue weighted by molar-refractivity contribution is 0.0603. The summed E-state index contributed by atoms with van der Waals surface area (Å²) < 4.78 is 0. The second kappa shape index (κ2) is 5.75. The van der Waals surface area contributed by atoms with Crippen molar-refractivity contribution in [3.05, 3.63) is 45.4 Å². The summed E-state index contributed by atoms with van der Waals surface area (Å²) in [4.78, 5) is 33.5. The number of aromatic nitrogens is 4. The average Bonchev–Trinajstić information content (AvgIpc) is 3.04. The van der Waals surface area contributed by atoms with Gasteiger partial charge in [-0.1, -0.05) is 0 Å². The van der Waals surface area contributed by atoms with Crippen molar-refractivity contribution in [3.8, 4) is 0 Å². The van der Waals surface area contributed by atoms with Crippen LogP contribution in [-0.4, -0.2) is 37.5 Å². The van der Waals surface area contributed by atoms with Crippen LogP contribution in [0.1, 0.15) is 52.7 Å². The molecule has 7 heteroatoms. The Hall–Kier alpha value is -2.44. The number of hydrogen-bond donors (Lipinski definition) is 2. The zero-order valence-corrected chi connectivity index (χ0v) is 12.7. The number of carbonyl (C=O) groups excluding carboxylic acids is 1. The van der Waals surface area contributed by atoms with Crippen LogP contribution in [0.5, 0.6) is 0 Å². The van der Waals surface area contributed by atoms with E-state index >= 15 is 0 Å². The van der Waals surface area contributed by atoms with Crippen LogP contribution < -0.4 is 5.56 Å². The highest BCUT2D eigenvalue weighted by atomic mass is 16.2. The maximum Gasteiger partial charge on any atom is 0.279 e. The highest BCUT2D eigenvalue weighted by Gasteiger charge is 2.31. The third-order valence-electron chi connectivity index (χ3n) is 4.21. The van der Waals surface area contributed by atoms with E-state index in [1.807, 2.05) is 0 Å². The van der Waals surface area contributed by atoms with E-state index in [0.717, 1.165) is 24.8 Å². The van der Waals surface area contributed by atoms with Crippen LogP contribution in [0.4, 0.5) is 0 Å². The van der Waals surface area contributed by atoms with E-state index in [1.54, 1.807) is 31.1 Å². The summed E-state index contributed by atoms with van der Waals surface area (Å²) in [5.41, 5.74) is 1.86. The number of nitrogens with one attached hydrogen (secondary N) is 2. The van der Waals surface area contributed by atoms with E-state index < -0.39 is 5.56 Å². The molecule has 2 N–H and O–H groups in total. The zero-order chi connectivity index (χ0) is 15.7. The predicted molar refractivity (Wildman–Crippen MR) is 80.5 cm³/mol. The normalized spacial score (nSPS) is 18.5. The highest BCUT2D eigenvalue weighted by Crippen LogP contribution is 2.30. The monoisotopic (exact) mass is 301 g/mol. The first-order chi connectivity index (χ1) is 10.6. The molecule has 3 rings (SSSR count). The third-order valence-corrected chi connectivity index (χ3v) is 4.21. The predicted octanol–water partition coefficient (Wildman–Crippen LogP) is 1.48. The van der Waals surface area contributed by atoms with Gasteiger partial charge in [-0.15, -0.1) is 0 Å². The fourth-order valence-electron chi connectivity index (χ4n) is 2.87. The van der Waals surface area contributed by atoms with Gasteiger partial charge in [-0.2, -0.15) is 5.10 Å². The first kappa shape index (κ1) is 14.5. The number of carbonyl (C=O) groups is 1. The van der Waals surface area contributed by atoms with Gasteiger partial charge in [0.2, 0.25) is 0 Å². The maximum absolute atomic E-state index is 12.8. The SMILES string of the molecule is Cc1nc(C(=O)N2CCCCC2c2cn[nH]c2)c(=O)[nH]c1C. The molecule has 22 heavy (non-hydrogen) atoms. The fraction of sp³-hybridized carbons (Fsp3) is 0.467. The molecule has 2 aromatic heterocycles. The first-order valence-corrected chi connectivity index (χ1v) is 7.45. The Morgan fingerprint density at radius 2 is 2.18 bits per heavy atom. The molecule has 0 bridgehead atoms. The molecule has 0 spiro atoms. The lowest BCUT2D eigenvalue weighted by Crippen LogP contribution is -2.41. The second-order valence-corrected chi connectivity index (χ2v) is 5.67. The third kappa shape index (κ3) is 2.54. The number of aromatic amines is 2. The molecular weight excluding hydrogens is 282 g/mol. The number of aryl methyl sites for hydroxylation is 2. The molecular formula is C15H19N5O2. The molecule has 0 radical (unpaired) electrons. The number of hydrogen-bond acceptors (Lipinski definition) is 4. The van der Waals surface area contributed by atoms with Crippen molar-refractivity contribution < 1.29 is 4.79 Å². The molecule has 1 fully saturated rings. The molecule has 1 aliphatic heterocycles. The fourth-order valence-corrected chi connectivity index (χ4v) is 2.87. The van der Waals surface area contributed by atoms with Crippen molar-refractivity contribution in [3.63, 3.8) is 0 Å². The molecule has 1 aliphatic rings. The Bertz CT molecular complexity index is 735. The summed E-state index contributed by atoms with van der Waals surface area (Å²) in [5, 5.41) is 6.74. The number of H-pyrrole nitrogens is 2. The Balaban J connectivity index is 1.96.